The molecule has 3 N–H and O–H groups in total. The Morgan fingerprint density at radius 1 is 1.41 bits per heavy atom. The molecule has 17 heavy (non-hydrogen) atoms. The molecule has 1 unspecified atom stereocenters. The molecule has 0 spiro atoms. The van der Waals surface area contributed by atoms with E-state index in [1.807, 2.05) is 37.3 Å². The molecule has 0 fully saturated rings. The van der Waals surface area contributed by atoms with Crippen LogP contribution >= 0.6 is 12.2 Å². The van der Waals surface area contributed by atoms with Gasteiger partial charge in [-0.3, -0.25) is 4.79 Å². The number of amides is 1. The number of hydrogen-bond acceptors (Lipinski definition) is 2. The van der Waals surface area contributed by atoms with Crippen LogP contribution in [-0.4, -0.2) is 16.9 Å². The highest BCUT2D eigenvalue weighted by molar-refractivity contribution is 7.80. The first kappa shape index (κ1) is 13.6. The maximum atomic E-state index is 11.7. The van der Waals surface area contributed by atoms with Gasteiger partial charge >= 0.3 is 0 Å². The van der Waals surface area contributed by atoms with E-state index < -0.39 is 0 Å². The van der Waals surface area contributed by atoms with E-state index in [-0.39, 0.29) is 11.9 Å². The maximum absolute atomic E-state index is 11.7. The van der Waals surface area contributed by atoms with Gasteiger partial charge in [-0.2, -0.15) is 0 Å². The van der Waals surface area contributed by atoms with Crippen molar-refractivity contribution in [3.8, 4) is 0 Å². The van der Waals surface area contributed by atoms with Crippen LogP contribution in [0.25, 0.3) is 0 Å². The van der Waals surface area contributed by atoms with Gasteiger partial charge in [-0.15, -0.1) is 0 Å². The third-order valence-electron chi connectivity index (χ3n) is 2.57. The Labute approximate surface area is 107 Å². The zero-order chi connectivity index (χ0) is 12.7. The van der Waals surface area contributed by atoms with Crippen molar-refractivity contribution in [2.45, 2.75) is 32.2 Å². The normalized spacial score (nSPS) is 11.8. The van der Waals surface area contributed by atoms with E-state index in [9.17, 15) is 4.79 Å². The van der Waals surface area contributed by atoms with Gasteiger partial charge < -0.3 is 11.1 Å². The number of hydrogen-bond donors (Lipinski definition) is 2. The second-order valence-electron chi connectivity index (χ2n) is 3.92. The van der Waals surface area contributed by atoms with Crippen molar-refractivity contribution in [1.29, 1.82) is 0 Å². The number of thiocarbonyl (C=S) groups is 1. The standard InChI is InChI=1S/C13H18N2OS/c1-2-11(13(14)17)15-12(16)9-8-10-6-4-3-5-7-10/h3-7,11H,2,8-9H2,1H3,(H2,14,17)(H,15,16). The number of benzene rings is 1. The molecule has 1 aromatic carbocycles. The smallest absolute Gasteiger partial charge is 0.220 e. The summed E-state index contributed by atoms with van der Waals surface area (Å²) in [6, 6.07) is 9.74. The van der Waals surface area contributed by atoms with Crippen LogP contribution in [0.5, 0.6) is 0 Å². The highest BCUT2D eigenvalue weighted by Crippen LogP contribution is 2.02. The summed E-state index contributed by atoms with van der Waals surface area (Å²) in [5, 5.41) is 2.83. The van der Waals surface area contributed by atoms with Crippen molar-refractivity contribution in [3.05, 3.63) is 35.9 Å². The number of carbonyl (C=O) groups is 1. The molecule has 1 aromatic rings. The van der Waals surface area contributed by atoms with E-state index in [0.29, 0.717) is 11.4 Å². The molecule has 0 heterocycles. The summed E-state index contributed by atoms with van der Waals surface area (Å²) in [5.41, 5.74) is 6.68. The molecular weight excluding hydrogens is 232 g/mol. The van der Waals surface area contributed by atoms with Gasteiger partial charge in [0.05, 0.1) is 11.0 Å². The number of rotatable bonds is 6. The topological polar surface area (TPSA) is 55.1 Å². The molecule has 1 rings (SSSR count). The minimum Gasteiger partial charge on any atom is -0.392 e. The van der Waals surface area contributed by atoms with Crippen LogP contribution in [0.4, 0.5) is 0 Å². The molecule has 1 amide bonds. The second-order valence-corrected chi connectivity index (χ2v) is 4.39. The highest BCUT2D eigenvalue weighted by Gasteiger charge is 2.12. The average Bonchev–Trinajstić information content (AvgIpc) is 2.34. The van der Waals surface area contributed by atoms with E-state index >= 15 is 0 Å². The maximum Gasteiger partial charge on any atom is 0.220 e. The molecule has 1 atom stereocenters. The Hall–Kier alpha value is -1.42. The molecule has 0 aliphatic rings. The lowest BCUT2D eigenvalue weighted by molar-refractivity contribution is -0.121. The summed E-state index contributed by atoms with van der Waals surface area (Å²) >= 11 is 4.88. The van der Waals surface area contributed by atoms with Crippen LogP contribution in [0.1, 0.15) is 25.3 Å². The van der Waals surface area contributed by atoms with Crippen molar-refractivity contribution >= 4 is 23.1 Å². The molecule has 0 aliphatic heterocycles. The van der Waals surface area contributed by atoms with Gasteiger partial charge in [0.2, 0.25) is 5.91 Å². The third kappa shape index (κ3) is 4.95. The predicted molar refractivity (Wildman–Crippen MR) is 73.8 cm³/mol. The first-order valence-electron chi connectivity index (χ1n) is 5.76. The van der Waals surface area contributed by atoms with Gasteiger partial charge in [-0.05, 0) is 18.4 Å². The first-order chi connectivity index (χ1) is 8.13. The number of aryl methyl sites for hydroxylation is 1. The zero-order valence-electron chi connectivity index (χ0n) is 9.98. The van der Waals surface area contributed by atoms with Crippen LogP contribution in [0.15, 0.2) is 30.3 Å². The molecule has 0 saturated heterocycles. The Morgan fingerprint density at radius 3 is 2.59 bits per heavy atom. The Kier molecular flexibility index (Phi) is 5.63. The van der Waals surface area contributed by atoms with E-state index in [0.717, 1.165) is 18.4 Å². The van der Waals surface area contributed by atoms with Gasteiger partial charge in [0.15, 0.2) is 0 Å². The summed E-state index contributed by atoms with van der Waals surface area (Å²) in [6.45, 7) is 1.95. The van der Waals surface area contributed by atoms with Gasteiger partial charge in [-0.25, -0.2) is 0 Å². The molecule has 0 saturated carbocycles. The van der Waals surface area contributed by atoms with Gasteiger partial charge in [0.1, 0.15) is 0 Å². The summed E-state index contributed by atoms with van der Waals surface area (Å²) in [5.74, 6) is -0.00602. The summed E-state index contributed by atoms with van der Waals surface area (Å²) in [4.78, 5) is 12.0. The molecule has 0 bridgehead atoms. The lowest BCUT2D eigenvalue weighted by Gasteiger charge is -2.15. The summed E-state index contributed by atoms with van der Waals surface area (Å²) in [7, 11) is 0. The Bertz CT molecular complexity index is 378. The van der Waals surface area contributed by atoms with Crippen molar-refractivity contribution < 1.29 is 4.79 Å². The molecule has 0 radical (unpaired) electrons. The van der Waals surface area contributed by atoms with Crippen molar-refractivity contribution in [1.82, 2.24) is 5.32 Å². The fourth-order valence-corrected chi connectivity index (χ4v) is 1.77. The number of nitrogens with one attached hydrogen (secondary N) is 1. The van der Waals surface area contributed by atoms with Crippen LogP contribution in [0.2, 0.25) is 0 Å². The van der Waals surface area contributed by atoms with Gasteiger partial charge in [0.25, 0.3) is 0 Å². The fraction of sp³-hybridized carbons (Fsp3) is 0.385. The first-order valence-corrected chi connectivity index (χ1v) is 6.17. The fourth-order valence-electron chi connectivity index (χ4n) is 1.54. The monoisotopic (exact) mass is 250 g/mol. The molecule has 3 nitrogen and oxygen atoms in total. The highest BCUT2D eigenvalue weighted by atomic mass is 32.1. The largest absolute Gasteiger partial charge is 0.392 e. The molecule has 92 valence electrons. The minimum atomic E-state index is -0.187. The quantitative estimate of drug-likeness (QED) is 0.757. The van der Waals surface area contributed by atoms with Crippen LogP contribution in [-0.2, 0) is 11.2 Å². The van der Waals surface area contributed by atoms with Crippen molar-refractivity contribution in [3.63, 3.8) is 0 Å². The van der Waals surface area contributed by atoms with E-state index in [1.165, 1.54) is 0 Å². The Morgan fingerprint density at radius 2 is 2.06 bits per heavy atom. The van der Waals surface area contributed by atoms with Crippen LogP contribution in [0.3, 0.4) is 0 Å². The third-order valence-corrected chi connectivity index (χ3v) is 2.85. The number of carbonyl (C=O) groups excluding carboxylic acids is 1. The van der Waals surface area contributed by atoms with Crippen molar-refractivity contribution in [2.75, 3.05) is 0 Å². The summed E-state index contributed by atoms with van der Waals surface area (Å²) < 4.78 is 0. The van der Waals surface area contributed by atoms with E-state index in [4.69, 9.17) is 18.0 Å². The van der Waals surface area contributed by atoms with Crippen molar-refractivity contribution in [2.24, 2.45) is 5.73 Å². The predicted octanol–water partition coefficient (Wildman–Crippen LogP) is 1.80. The molecule has 4 heteroatoms. The molecule has 0 aliphatic carbocycles. The average molecular weight is 250 g/mol. The Balaban J connectivity index is 2.37. The van der Waals surface area contributed by atoms with Gasteiger partial charge in [0, 0.05) is 6.42 Å². The SMILES string of the molecule is CCC(NC(=O)CCc1ccccc1)C(N)=S. The van der Waals surface area contributed by atoms with Crippen LogP contribution in [0, 0.1) is 0 Å². The van der Waals surface area contributed by atoms with Crippen LogP contribution < -0.4 is 11.1 Å². The number of nitrogens with two attached hydrogens (primary N) is 1. The van der Waals surface area contributed by atoms with E-state index in [2.05, 4.69) is 5.32 Å². The van der Waals surface area contributed by atoms with E-state index in [1.54, 1.807) is 0 Å². The minimum absolute atomic E-state index is 0.00602. The van der Waals surface area contributed by atoms with Gasteiger partial charge in [-0.1, -0.05) is 49.5 Å². The molecular formula is C13H18N2OS. The second kappa shape index (κ2) is 7.01. The lowest BCUT2D eigenvalue weighted by Crippen LogP contribution is -2.43. The summed E-state index contributed by atoms with van der Waals surface area (Å²) in [6.07, 6.45) is 1.93. The zero-order valence-corrected chi connectivity index (χ0v) is 10.8. The molecule has 0 aromatic heterocycles. The lowest BCUT2D eigenvalue weighted by atomic mass is 10.1.